The number of nitrogens with one attached hydrogen (secondary N) is 4. The van der Waals surface area contributed by atoms with Gasteiger partial charge in [-0.3, -0.25) is 9.59 Å². The van der Waals surface area contributed by atoms with Crippen LogP contribution in [0.3, 0.4) is 0 Å². The van der Waals surface area contributed by atoms with E-state index in [1.807, 2.05) is 20.8 Å². The molecule has 4 N–H and O–H groups in total. The van der Waals surface area contributed by atoms with Gasteiger partial charge < -0.3 is 29.9 Å². The summed E-state index contributed by atoms with van der Waals surface area (Å²) in [6, 6.07) is 4.17. The minimum Gasteiger partial charge on any atom is -0.395 e. The van der Waals surface area contributed by atoms with E-state index in [4.69, 9.17) is 0 Å². The highest BCUT2D eigenvalue weighted by Gasteiger charge is 2.43. The second kappa shape index (κ2) is 8.73. The Kier molecular flexibility index (Phi) is 6.47. The molecule has 10 heteroatoms. The molecular formula is C20H30F2N4O4+2. The number of carbonyl (C=O) groups excluding carboxylic acids is 2. The van der Waals surface area contributed by atoms with Gasteiger partial charge in [0.2, 0.25) is 0 Å². The Morgan fingerprint density at radius 1 is 1.00 bits per heavy atom. The number of fused-ring (bicyclic) bond motifs is 1. The summed E-state index contributed by atoms with van der Waals surface area (Å²) < 4.78 is 35.0. The number of amides is 2. The molecule has 30 heavy (non-hydrogen) atoms. The van der Waals surface area contributed by atoms with Gasteiger partial charge in [-0.15, -0.1) is 8.78 Å². The zero-order chi connectivity index (χ0) is 21.9. The van der Waals surface area contributed by atoms with Gasteiger partial charge in [0.25, 0.3) is 11.8 Å². The van der Waals surface area contributed by atoms with Gasteiger partial charge in [-0.05, 0) is 32.9 Å². The Hall–Kier alpha value is -2.46. The van der Waals surface area contributed by atoms with Crippen molar-refractivity contribution in [2.75, 3.05) is 44.6 Å². The quantitative estimate of drug-likeness (QED) is 0.487. The third-order valence-corrected chi connectivity index (χ3v) is 4.91. The van der Waals surface area contributed by atoms with Crippen molar-refractivity contribution in [1.29, 1.82) is 0 Å². The zero-order valence-corrected chi connectivity index (χ0v) is 17.6. The van der Waals surface area contributed by atoms with Gasteiger partial charge in [-0.25, -0.2) is 0 Å². The lowest BCUT2D eigenvalue weighted by molar-refractivity contribution is -0.930. The van der Waals surface area contributed by atoms with Crippen LogP contribution in [0.1, 0.15) is 27.2 Å². The largest absolute Gasteiger partial charge is 0.586 e. The first kappa shape index (κ1) is 22.2. The average molecular weight is 428 g/mol. The number of anilines is 1. The lowest BCUT2D eigenvalue weighted by Gasteiger charge is -2.22. The molecule has 0 bridgehead atoms. The topological polar surface area (TPSA) is 85.5 Å². The van der Waals surface area contributed by atoms with E-state index in [1.165, 1.54) is 23.1 Å². The summed E-state index contributed by atoms with van der Waals surface area (Å²) in [4.78, 5) is 26.9. The number of benzene rings is 1. The molecule has 2 atom stereocenters. The normalized spacial score (nSPS) is 22.8. The van der Waals surface area contributed by atoms with E-state index < -0.39 is 6.29 Å². The van der Waals surface area contributed by atoms with E-state index in [1.54, 1.807) is 0 Å². The van der Waals surface area contributed by atoms with Crippen LogP contribution in [-0.4, -0.2) is 62.9 Å². The van der Waals surface area contributed by atoms with Gasteiger partial charge >= 0.3 is 6.29 Å². The molecular weight excluding hydrogens is 398 g/mol. The Morgan fingerprint density at radius 2 is 1.60 bits per heavy atom. The van der Waals surface area contributed by atoms with Crippen LogP contribution in [0.4, 0.5) is 14.5 Å². The fourth-order valence-electron chi connectivity index (χ4n) is 3.69. The maximum atomic E-state index is 13.1. The number of ether oxygens (including phenoxy) is 2. The van der Waals surface area contributed by atoms with Crippen molar-refractivity contribution in [2.45, 2.75) is 39.0 Å². The van der Waals surface area contributed by atoms with Crippen molar-refractivity contribution in [3.05, 3.63) is 18.2 Å². The summed E-state index contributed by atoms with van der Waals surface area (Å²) >= 11 is 0. The van der Waals surface area contributed by atoms with Gasteiger partial charge in [0.15, 0.2) is 24.6 Å². The van der Waals surface area contributed by atoms with E-state index >= 15 is 0 Å². The second-order valence-electron chi connectivity index (χ2n) is 8.88. The minimum atomic E-state index is -3.68. The Labute approximate surface area is 174 Å². The highest BCUT2D eigenvalue weighted by Crippen LogP contribution is 2.42. The van der Waals surface area contributed by atoms with Crippen molar-refractivity contribution in [2.24, 2.45) is 0 Å². The zero-order valence-electron chi connectivity index (χ0n) is 17.6. The lowest BCUT2D eigenvalue weighted by atomic mass is 10.1. The van der Waals surface area contributed by atoms with E-state index in [-0.39, 0.29) is 35.4 Å². The number of hydrogen-bond donors (Lipinski definition) is 4. The molecule has 0 radical (unpaired) electrons. The SMILES string of the molecule is CC(C)(C)NC(=O)C[NH+]1CCC[NH+](CC(=O)Nc2ccc3c(c2)OC(F)(F)O3)CC1. The molecule has 1 fully saturated rings. The fourth-order valence-corrected chi connectivity index (χ4v) is 3.69. The van der Waals surface area contributed by atoms with E-state index in [0.717, 1.165) is 37.5 Å². The third-order valence-electron chi connectivity index (χ3n) is 4.91. The monoisotopic (exact) mass is 428 g/mol. The van der Waals surface area contributed by atoms with Gasteiger partial charge in [0.05, 0.1) is 13.1 Å². The number of rotatable bonds is 5. The molecule has 2 heterocycles. The second-order valence-corrected chi connectivity index (χ2v) is 8.88. The molecule has 2 amide bonds. The number of carbonyl (C=O) groups is 2. The predicted octanol–water partition coefficient (Wildman–Crippen LogP) is -0.965. The number of hydrogen-bond acceptors (Lipinski definition) is 4. The van der Waals surface area contributed by atoms with Crippen LogP contribution in [-0.2, 0) is 9.59 Å². The average Bonchev–Trinajstić information content (AvgIpc) is 2.74. The van der Waals surface area contributed by atoms with E-state index in [2.05, 4.69) is 20.1 Å². The highest BCUT2D eigenvalue weighted by atomic mass is 19.3. The Bertz CT molecular complexity index is 798. The summed E-state index contributed by atoms with van der Waals surface area (Å²) in [5.74, 6) is -0.334. The van der Waals surface area contributed by atoms with Crippen molar-refractivity contribution in [3.8, 4) is 11.5 Å². The van der Waals surface area contributed by atoms with Crippen molar-refractivity contribution in [1.82, 2.24) is 5.32 Å². The van der Waals surface area contributed by atoms with Crippen LogP contribution < -0.4 is 29.9 Å². The molecule has 0 spiro atoms. The van der Waals surface area contributed by atoms with Crippen LogP contribution in [0.15, 0.2) is 18.2 Å². The van der Waals surface area contributed by atoms with Crippen molar-refractivity contribution in [3.63, 3.8) is 0 Å². The lowest BCUT2D eigenvalue weighted by Crippen LogP contribution is -3.18. The molecule has 2 aliphatic rings. The summed E-state index contributed by atoms with van der Waals surface area (Å²) in [7, 11) is 0. The first-order chi connectivity index (χ1) is 14.0. The fraction of sp³-hybridized carbons (Fsp3) is 0.600. The molecule has 2 unspecified atom stereocenters. The summed E-state index contributed by atoms with van der Waals surface area (Å²) in [5.41, 5.74) is 0.128. The molecule has 0 saturated carbocycles. The van der Waals surface area contributed by atoms with Crippen LogP contribution in [0.25, 0.3) is 0 Å². The smallest absolute Gasteiger partial charge is 0.395 e. The van der Waals surface area contributed by atoms with Crippen LogP contribution >= 0.6 is 0 Å². The minimum absolute atomic E-state index is 0.0343. The van der Waals surface area contributed by atoms with Gasteiger partial charge in [0, 0.05) is 23.7 Å². The maximum absolute atomic E-state index is 13.1. The first-order valence-electron chi connectivity index (χ1n) is 10.2. The molecule has 3 rings (SSSR count). The Balaban J connectivity index is 1.46. The van der Waals surface area contributed by atoms with Crippen LogP contribution in [0.5, 0.6) is 11.5 Å². The number of quaternary nitrogens is 2. The summed E-state index contributed by atoms with van der Waals surface area (Å²) in [6.45, 7) is 9.88. The molecule has 0 aliphatic carbocycles. The van der Waals surface area contributed by atoms with E-state index in [9.17, 15) is 18.4 Å². The van der Waals surface area contributed by atoms with Crippen LogP contribution in [0, 0.1) is 0 Å². The molecule has 1 aromatic rings. The molecule has 1 aromatic carbocycles. The molecule has 8 nitrogen and oxygen atoms in total. The molecule has 166 valence electrons. The van der Waals surface area contributed by atoms with Crippen LogP contribution in [0.2, 0.25) is 0 Å². The predicted molar refractivity (Wildman–Crippen MR) is 105 cm³/mol. The van der Waals surface area contributed by atoms with Gasteiger partial charge in [0.1, 0.15) is 13.1 Å². The van der Waals surface area contributed by atoms with Gasteiger partial charge in [-0.2, -0.15) is 0 Å². The molecule has 2 aliphatic heterocycles. The van der Waals surface area contributed by atoms with Crippen molar-refractivity contribution < 1.29 is 37.6 Å². The molecule has 0 aromatic heterocycles. The first-order valence-corrected chi connectivity index (χ1v) is 10.2. The Morgan fingerprint density at radius 3 is 2.23 bits per heavy atom. The summed E-state index contributed by atoms with van der Waals surface area (Å²) in [6.07, 6.45) is -2.76. The maximum Gasteiger partial charge on any atom is 0.586 e. The molecule has 1 saturated heterocycles. The van der Waals surface area contributed by atoms with Gasteiger partial charge in [-0.1, -0.05) is 0 Å². The third kappa shape index (κ3) is 6.53. The summed E-state index contributed by atoms with van der Waals surface area (Å²) in [5, 5.41) is 5.71. The standard InChI is InChI=1S/C20H28F2N4O4/c1-19(2,3)24-18(28)13-26-8-4-7-25(9-10-26)12-17(27)23-14-5-6-15-16(11-14)30-20(21,22)29-15/h5-6,11H,4,7-10,12-13H2,1-3H3,(H,23,27)(H,24,28)/p+2. The highest BCUT2D eigenvalue weighted by molar-refractivity contribution is 5.91. The van der Waals surface area contributed by atoms with Crippen molar-refractivity contribution >= 4 is 17.5 Å². The van der Waals surface area contributed by atoms with E-state index in [0.29, 0.717) is 12.2 Å². The number of alkyl halides is 2. The number of halogens is 2.